The topological polar surface area (TPSA) is 65.6 Å². The number of fused-ring (bicyclic) bond motifs is 2. The molecule has 3 aromatic rings. The third kappa shape index (κ3) is 3.12. The van der Waals surface area contributed by atoms with Crippen molar-refractivity contribution in [2.75, 3.05) is 21.3 Å². The van der Waals surface area contributed by atoms with Gasteiger partial charge in [0.1, 0.15) is 10.5 Å². The number of ether oxygens (including phenoxy) is 4. The summed E-state index contributed by atoms with van der Waals surface area (Å²) in [5, 5.41) is 0. The molecule has 0 aliphatic carbocycles. The molecule has 28 heavy (non-hydrogen) atoms. The van der Waals surface area contributed by atoms with Crippen LogP contribution in [0.5, 0.6) is 28.9 Å². The van der Waals surface area contributed by atoms with Gasteiger partial charge in [-0.1, -0.05) is 34.2 Å². The molecule has 0 unspecified atom stereocenters. The van der Waals surface area contributed by atoms with E-state index in [1.54, 1.807) is 21.3 Å². The van der Waals surface area contributed by atoms with Crippen LogP contribution in [0.2, 0.25) is 0 Å². The highest BCUT2D eigenvalue weighted by Crippen LogP contribution is 2.44. The Hall–Kier alpha value is -2.58. The predicted molar refractivity (Wildman–Crippen MR) is 112 cm³/mol. The van der Waals surface area contributed by atoms with Gasteiger partial charge >= 0.3 is 0 Å². The second kappa shape index (κ2) is 7.44. The van der Waals surface area contributed by atoms with Gasteiger partial charge in [0.25, 0.3) is 0 Å². The molecule has 0 spiro atoms. The normalized spacial score (nSPS) is 11.9. The highest BCUT2D eigenvalue weighted by Gasteiger charge is 2.25. The molecule has 2 heterocycles. The van der Waals surface area contributed by atoms with Gasteiger partial charge in [0.15, 0.2) is 23.0 Å². The Morgan fingerprint density at radius 2 is 1.89 bits per heavy atom. The summed E-state index contributed by atoms with van der Waals surface area (Å²) in [5.41, 5.74) is 2.54. The van der Waals surface area contributed by atoms with Crippen molar-refractivity contribution in [1.29, 1.82) is 0 Å². The first-order valence-corrected chi connectivity index (χ1v) is 9.64. The maximum atomic E-state index is 6.15. The number of nitrogens with zero attached hydrogens (tertiary/aromatic N) is 1. The first-order valence-electron chi connectivity index (χ1n) is 8.44. The van der Waals surface area contributed by atoms with Crippen molar-refractivity contribution in [1.82, 2.24) is 9.97 Å². The number of halogens is 1. The monoisotopic (exact) mass is 460 g/mol. The number of hydrogen-bond acceptors (Lipinski definition) is 6. The second-order valence-corrected chi connectivity index (χ2v) is 7.42. The van der Waals surface area contributed by atoms with Crippen LogP contribution >= 0.6 is 28.1 Å². The summed E-state index contributed by atoms with van der Waals surface area (Å²) in [5.74, 6) is 3.58. The molecular formula is C20H17BrN2O4S. The van der Waals surface area contributed by atoms with Crippen molar-refractivity contribution >= 4 is 28.1 Å². The van der Waals surface area contributed by atoms with Crippen molar-refractivity contribution in [3.05, 3.63) is 50.6 Å². The number of rotatable bonds is 4. The Labute approximate surface area is 175 Å². The quantitative estimate of drug-likeness (QED) is 0.417. The molecule has 144 valence electrons. The fourth-order valence-corrected chi connectivity index (χ4v) is 3.98. The van der Waals surface area contributed by atoms with Crippen molar-refractivity contribution in [3.63, 3.8) is 0 Å². The summed E-state index contributed by atoms with van der Waals surface area (Å²) >= 11 is 9.07. The highest BCUT2D eigenvalue weighted by atomic mass is 79.9. The maximum Gasteiger partial charge on any atom is 0.205 e. The molecule has 0 atom stereocenters. The number of hydrogen-bond donors (Lipinski definition) is 1. The Morgan fingerprint density at radius 3 is 2.61 bits per heavy atom. The smallest absolute Gasteiger partial charge is 0.205 e. The molecule has 1 aliphatic heterocycles. The Kier molecular flexibility index (Phi) is 4.99. The molecule has 0 radical (unpaired) electrons. The molecule has 0 bridgehead atoms. The molecule has 1 N–H and O–H groups in total. The summed E-state index contributed by atoms with van der Waals surface area (Å²) in [6, 6.07) is 9.44. The number of H-pyrrole nitrogens is 1. The van der Waals surface area contributed by atoms with Gasteiger partial charge in [-0.3, -0.25) is 0 Å². The van der Waals surface area contributed by atoms with Gasteiger partial charge in [0, 0.05) is 16.5 Å². The summed E-state index contributed by atoms with van der Waals surface area (Å²) < 4.78 is 23.9. The van der Waals surface area contributed by atoms with Crippen molar-refractivity contribution in [3.8, 4) is 40.3 Å². The number of nitrogens with one attached hydrogen (secondary N) is 1. The summed E-state index contributed by atoms with van der Waals surface area (Å²) in [4.78, 5) is 7.83. The van der Waals surface area contributed by atoms with Gasteiger partial charge in [-0.05, 0) is 24.3 Å². The van der Waals surface area contributed by atoms with Gasteiger partial charge < -0.3 is 23.9 Å². The minimum absolute atomic E-state index is 0.471. The molecule has 4 rings (SSSR count). The fraction of sp³-hybridized carbons (Fsp3) is 0.200. The van der Waals surface area contributed by atoms with Gasteiger partial charge in [-0.2, -0.15) is 0 Å². The average molecular weight is 461 g/mol. The van der Waals surface area contributed by atoms with Crippen LogP contribution in [0.25, 0.3) is 11.4 Å². The number of para-hydroxylation sites is 1. The van der Waals surface area contributed by atoms with Gasteiger partial charge in [0.2, 0.25) is 5.88 Å². The third-order valence-electron chi connectivity index (χ3n) is 4.52. The van der Waals surface area contributed by atoms with E-state index in [9.17, 15) is 0 Å². The van der Waals surface area contributed by atoms with Crippen molar-refractivity contribution < 1.29 is 18.9 Å². The third-order valence-corrected chi connectivity index (χ3v) is 5.32. The summed E-state index contributed by atoms with van der Waals surface area (Å²) in [6.45, 7) is 0. The van der Waals surface area contributed by atoms with Gasteiger partial charge in [-0.25, -0.2) is 4.98 Å². The molecule has 1 aromatic heterocycles. The molecular weight excluding hydrogens is 444 g/mol. The van der Waals surface area contributed by atoms with E-state index >= 15 is 0 Å². The van der Waals surface area contributed by atoms with Crippen LogP contribution in [0, 0.1) is 4.64 Å². The lowest BCUT2D eigenvalue weighted by atomic mass is 10.0. The zero-order valence-corrected chi connectivity index (χ0v) is 17.9. The number of aromatic nitrogens is 2. The van der Waals surface area contributed by atoms with Crippen LogP contribution in [0.1, 0.15) is 11.1 Å². The van der Waals surface area contributed by atoms with E-state index in [0.29, 0.717) is 45.8 Å². The Balaban J connectivity index is 1.86. The van der Waals surface area contributed by atoms with Crippen LogP contribution in [-0.2, 0) is 6.42 Å². The predicted octanol–water partition coefficient (Wildman–Crippen LogP) is 5.29. The molecule has 0 saturated heterocycles. The second-order valence-electron chi connectivity index (χ2n) is 6.11. The van der Waals surface area contributed by atoms with E-state index in [2.05, 4.69) is 25.9 Å². The van der Waals surface area contributed by atoms with Crippen LogP contribution in [0.4, 0.5) is 0 Å². The Bertz CT molecular complexity index is 1130. The first-order chi connectivity index (χ1) is 13.5. The van der Waals surface area contributed by atoms with Crippen molar-refractivity contribution in [2.45, 2.75) is 6.42 Å². The molecule has 2 aromatic carbocycles. The van der Waals surface area contributed by atoms with Gasteiger partial charge in [0.05, 0.1) is 32.5 Å². The molecule has 1 aliphatic rings. The van der Waals surface area contributed by atoms with E-state index < -0.39 is 0 Å². The Morgan fingerprint density at radius 1 is 1.11 bits per heavy atom. The molecule has 0 saturated carbocycles. The summed E-state index contributed by atoms with van der Waals surface area (Å²) in [7, 11) is 4.79. The lowest BCUT2D eigenvalue weighted by molar-refractivity contribution is 0.355. The fourth-order valence-electron chi connectivity index (χ4n) is 3.24. The zero-order valence-electron chi connectivity index (χ0n) is 15.5. The number of benzene rings is 2. The van der Waals surface area contributed by atoms with Crippen LogP contribution < -0.4 is 18.9 Å². The molecule has 0 fully saturated rings. The number of aromatic amines is 1. The average Bonchev–Trinajstić information content (AvgIpc) is 2.71. The molecule has 0 amide bonds. The lowest BCUT2D eigenvalue weighted by Crippen LogP contribution is -2.09. The van der Waals surface area contributed by atoms with Crippen LogP contribution in [0.3, 0.4) is 0 Å². The SMILES string of the molecule is COc1cc(Br)cc2c1Oc1[nH]c(-c3cccc(OC)c3OC)nc(=S)c1C2. The lowest BCUT2D eigenvalue weighted by Gasteiger charge is -2.23. The highest BCUT2D eigenvalue weighted by molar-refractivity contribution is 9.10. The number of methoxy groups -OCH3 is 3. The minimum Gasteiger partial charge on any atom is -0.493 e. The zero-order chi connectivity index (χ0) is 19.8. The molecule has 6 nitrogen and oxygen atoms in total. The van der Waals surface area contributed by atoms with Gasteiger partial charge in [-0.15, -0.1) is 0 Å². The van der Waals surface area contributed by atoms with E-state index in [1.165, 1.54) is 0 Å². The van der Waals surface area contributed by atoms with E-state index in [4.69, 9.17) is 31.2 Å². The van der Waals surface area contributed by atoms with E-state index in [1.807, 2.05) is 30.3 Å². The maximum absolute atomic E-state index is 6.15. The van der Waals surface area contributed by atoms with Crippen LogP contribution in [-0.4, -0.2) is 31.3 Å². The summed E-state index contributed by atoms with van der Waals surface area (Å²) in [6.07, 6.45) is 0.596. The van der Waals surface area contributed by atoms with Crippen LogP contribution in [0.15, 0.2) is 34.8 Å². The minimum atomic E-state index is 0.471. The standard InChI is InChI=1S/C20H17BrN2O4S/c1-24-14-6-4-5-12(17(14)26-3)18-22-19-13(20(28)23-18)8-10-7-11(21)9-15(25-2)16(10)27-19/h4-7,9H,8H2,1-3H3,(H,22,23,28). The van der Waals surface area contributed by atoms with E-state index in [-0.39, 0.29) is 0 Å². The molecule has 8 heteroatoms. The van der Waals surface area contributed by atoms with Crippen molar-refractivity contribution in [2.24, 2.45) is 0 Å². The largest absolute Gasteiger partial charge is 0.493 e. The van der Waals surface area contributed by atoms with E-state index in [0.717, 1.165) is 21.2 Å². The first kappa shape index (κ1) is 18.8.